The fraction of sp³-hybridized carbons (Fsp3) is 0.462. The third-order valence-corrected chi connectivity index (χ3v) is 3.15. The maximum atomic E-state index is 11.9. The number of ether oxygens (including phenoxy) is 1. The summed E-state index contributed by atoms with van der Waals surface area (Å²) in [5, 5.41) is 15.9. The van der Waals surface area contributed by atoms with Gasteiger partial charge in [0.15, 0.2) is 6.10 Å². The molecule has 1 heterocycles. The fourth-order valence-electron chi connectivity index (χ4n) is 2.09. The summed E-state index contributed by atoms with van der Waals surface area (Å²) in [5.41, 5.74) is 0.593. The molecular formula is C13H18N2O3. The fourth-order valence-corrected chi connectivity index (χ4v) is 2.09. The van der Waals surface area contributed by atoms with Gasteiger partial charge >= 0.3 is 0 Å². The summed E-state index contributed by atoms with van der Waals surface area (Å²) >= 11 is 0. The third kappa shape index (κ3) is 2.87. The number of rotatable bonds is 4. The monoisotopic (exact) mass is 250 g/mol. The predicted octanol–water partition coefficient (Wildman–Crippen LogP) is -0.177. The Balaban J connectivity index is 1.95. The Morgan fingerprint density at radius 2 is 2.17 bits per heavy atom. The Kier molecular flexibility index (Phi) is 4.30. The van der Waals surface area contributed by atoms with Crippen LogP contribution in [0.2, 0.25) is 0 Å². The zero-order valence-electron chi connectivity index (χ0n) is 10.3. The minimum absolute atomic E-state index is 0.0445. The standard InChI is InChI=1S/C13H18N2O3/c1-18-11-8-14-7-10(11)15-13(17)12(16)9-5-3-2-4-6-9/h2-6,10-12,14,16H,7-8H2,1H3,(H,15,17)/t10?,11-,12?/m1/s1. The van der Waals surface area contributed by atoms with Crippen molar-refractivity contribution in [3.63, 3.8) is 0 Å². The van der Waals surface area contributed by atoms with Gasteiger partial charge in [-0.3, -0.25) is 4.79 Å². The second-order valence-electron chi connectivity index (χ2n) is 4.36. The van der Waals surface area contributed by atoms with E-state index >= 15 is 0 Å². The molecule has 0 bridgehead atoms. The molecule has 3 N–H and O–H groups in total. The lowest BCUT2D eigenvalue weighted by Gasteiger charge is -2.20. The molecule has 98 valence electrons. The summed E-state index contributed by atoms with van der Waals surface area (Å²) in [6.45, 7) is 1.37. The Hall–Kier alpha value is -1.43. The summed E-state index contributed by atoms with van der Waals surface area (Å²) in [5.74, 6) is -0.392. The van der Waals surface area contributed by atoms with Crippen LogP contribution in [0.1, 0.15) is 11.7 Å². The highest BCUT2D eigenvalue weighted by Gasteiger charge is 2.30. The molecule has 2 unspecified atom stereocenters. The van der Waals surface area contributed by atoms with Crippen LogP contribution in [-0.4, -0.2) is 43.4 Å². The van der Waals surface area contributed by atoms with Gasteiger partial charge in [-0.05, 0) is 5.56 Å². The highest BCUT2D eigenvalue weighted by molar-refractivity contribution is 5.82. The third-order valence-electron chi connectivity index (χ3n) is 3.15. The van der Waals surface area contributed by atoms with Crippen LogP contribution in [-0.2, 0) is 9.53 Å². The molecular weight excluding hydrogens is 232 g/mol. The van der Waals surface area contributed by atoms with Gasteiger partial charge in [-0.2, -0.15) is 0 Å². The van der Waals surface area contributed by atoms with Gasteiger partial charge in [-0.25, -0.2) is 0 Å². The number of methoxy groups -OCH3 is 1. The van der Waals surface area contributed by atoms with Crippen molar-refractivity contribution < 1.29 is 14.6 Å². The molecule has 18 heavy (non-hydrogen) atoms. The molecule has 0 radical (unpaired) electrons. The molecule has 3 atom stereocenters. The van der Waals surface area contributed by atoms with Crippen molar-refractivity contribution in [3.8, 4) is 0 Å². The van der Waals surface area contributed by atoms with E-state index in [-0.39, 0.29) is 12.1 Å². The van der Waals surface area contributed by atoms with E-state index in [0.717, 1.165) is 0 Å². The molecule has 0 aromatic heterocycles. The molecule has 0 spiro atoms. The number of hydrogen-bond donors (Lipinski definition) is 3. The number of carbonyl (C=O) groups excluding carboxylic acids is 1. The largest absolute Gasteiger partial charge is 0.378 e. The van der Waals surface area contributed by atoms with Crippen molar-refractivity contribution in [3.05, 3.63) is 35.9 Å². The number of nitrogens with one attached hydrogen (secondary N) is 2. The smallest absolute Gasteiger partial charge is 0.253 e. The highest BCUT2D eigenvalue weighted by Crippen LogP contribution is 2.13. The van der Waals surface area contributed by atoms with Gasteiger partial charge in [0.05, 0.1) is 12.1 Å². The van der Waals surface area contributed by atoms with E-state index in [1.165, 1.54) is 0 Å². The molecule has 1 aromatic rings. The minimum atomic E-state index is -1.13. The zero-order chi connectivity index (χ0) is 13.0. The van der Waals surface area contributed by atoms with Crippen LogP contribution in [0.25, 0.3) is 0 Å². The number of amides is 1. The highest BCUT2D eigenvalue weighted by atomic mass is 16.5. The van der Waals surface area contributed by atoms with Crippen LogP contribution in [0.3, 0.4) is 0 Å². The Labute approximate surface area is 106 Å². The molecule has 5 nitrogen and oxygen atoms in total. The van der Waals surface area contributed by atoms with E-state index in [2.05, 4.69) is 10.6 Å². The molecule has 2 rings (SSSR count). The van der Waals surface area contributed by atoms with Gasteiger partial charge in [0.1, 0.15) is 0 Å². The summed E-state index contributed by atoms with van der Waals surface area (Å²) in [6, 6.07) is 8.79. The first-order valence-electron chi connectivity index (χ1n) is 5.99. The van der Waals surface area contributed by atoms with Crippen molar-refractivity contribution in [2.45, 2.75) is 18.2 Å². The normalized spacial score (nSPS) is 24.8. The van der Waals surface area contributed by atoms with Crippen molar-refractivity contribution in [2.75, 3.05) is 20.2 Å². The molecule has 1 aliphatic rings. The van der Waals surface area contributed by atoms with Crippen molar-refractivity contribution in [2.24, 2.45) is 0 Å². The Morgan fingerprint density at radius 3 is 2.83 bits per heavy atom. The van der Waals surface area contributed by atoms with Crippen LogP contribution in [0.4, 0.5) is 0 Å². The molecule has 0 saturated carbocycles. The quantitative estimate of drug-likeness (QED) is 0.693. The summed E-state index contributed by atoms with van der Waals surface area (Å²) in [4.78, 5) is 11.9. The average molecular weight is 250 g/mol. The van der Waals surface area contributed by atoms with Crippen LogP contribution in [0, 0.1) is 0 Å². The lowest BCUT2D eigenvalue weighted by molar-refractivity contribution is -0.131. The summed E-state index contributed by atoms with van der Waals surface area (Å²) < 4.78 is 5.25. The first-order chi connectivity index (χ1) is 8.72. The molecule has 1 aliphatic heterocycles. The van der Waals surface area contributed by atoms with Crippen molar-refractivity contribution >= 4 is 5.91 Å². The van der Waals surface area contributed by atoms with E-state index in [0.29, 0.717) is 18.7 Å². The predicted molar refractivity (Wildman–Crippen MR) is 67.0 cm³/mol. The SMILES string of the molecule is CO[C@@H]1CNCC1NC(=O)C(O)c1ccccc1. The number of aliphatic hydroxyl groups excluding tert-OH is 1. The molecule has 1 aromatic carbocycles. The van der Waals surface area contributed by atoms with Crippen LogP contribution < -0.4 is 10.6 Å². The maximum Gasteiger partial charge on any atom is 0.253 e. The van der Waals surface area contributed by atoms with Gasteiger partial charge in [0.25, 0.3) is 5.91 Å². The second-order valence-corrected chi connectivity index (χ2v) is 4.36. The van der Waals surface area contributed by atoms with Gasteiger partial charge in [0.2, 0.25) is 0 Å². The van der Waals surface area contributed by atoms with Gasteiger partial charge in [-0.15, -0.1) is 0 Å². The average Bonchev–Trinajstić information content (AvgIpc) is 2.86. The van der Waals surface area contributed by atoms with E-state index in [9.17, 15) is 9.90 Å². The van der Waals surface area contributed by atoms with Gasteiger partial charge in [0, 0.05) is 20.2 Å². The van der Waals surface area contributed by atoms with Crippen molar-refractivity contribution in [1.29, 1.82) is 0 Å². The first kappa shape index (κ1) is 13.0. The zero-order valence-corrected chi connectivity index (χ0v) is 10.3. The first-order valence-corrected chi connectivity index (χ1v) is 5.99. The van der Waals surface area contributed by atoms with E-state index in [1.54, 1.807) is 31.4 Å². The number of hydrogen-bond acceptors (Lipinski definition) is 4. The van der Waals surface area contributed by atoms with Gasteiger partial charge in [-0.1, -0.05) is 30.3 Å². The second kappa shape index (κ2) is 5.95. The molecule has 5 heteroatoms. The molecule has 1 fully saturated rings. The molecule has 1 saturated heterocycles. The molecule has 0 aliphatic carbocycles. The van der Waals surface area contributed by atoms with Crippen LogP contribution in [0.5, 0.6) is 0 Å². The van der Waals surface area contributed by atoms with Crippen LogP contribution >= 0.6 is 0 Å². The number of benzene rings is 1. The lowest BCUT2D eigenvalue weighted by Crippen LogP contribution is -2.45. The minimum Gasteiger partial charge on any atom is -0.378 e. The Bertz CT molecular complexity index is 396. The van der Waals surface area contributed by atoms with Crippen molar-refractivity contribution in [1.82, 2.24) is 10.6 Å². The number of aliphatic hydroxyl groups is 1. The molecule has 1 amide bonds. The topological polar surface area (TPSA) is 70.6 Å². The lowest BCUT2D eigenvalue weighted by atomic mass is 10.1. The number of carbonyl (C=O) groups is 1. The summed E-state index contributed by atoms with van der Waals surface area (Å²) in [6.07, 6.45) is -1.18. The van der Waals surface area contributed by atoms with E-state index in [4.69, 9.17) is 4.74 Å². The maximum absolute atomic E-state index is 11.9. The van der Waals surface area contributed by atoms with Gasteiger partial charge < -0.3 is 20.5 Å². The van der Waals surface area contributed by atoms with E-state index in [1.807, 2.05) is 6.07 Å². The van der Waals surface area contributed by atoms with E-state index < -0.39 is 12.0 Å². The Morgan fingerprint density at radius 1 is 1.44 bits per heavy atom. The summed E-state index contributed by atoms with van der Waals surface area (Å²) in [7, 11) is 1.62. The van der Waals surface area contributed by atoms with Crippen LogP contribution in [0.15, 0.2) is 30.3 Å².